The van der Waals surface area contributed by atoms with E-state index in [4.69, 9.17) is 14.7 Å². The van der Waals surface area contributed by atoms with Crippen LogP contribution >= 0.6 is 22.7 Å². The van der Waals surface area contributed by atoms with Crippen molar-refractivity contribution in [2.45, 2.75) is 5.40 Å². The summed E-state index contributed by atoms with van der Waals surface area (Å²) in [4.78, 5) is 25.1. The van der Waals surface area contributed by atoms with Crippen LogP contribution in [0.5, 0.6) is 0 Å². The van der Waals surface area contributed by atoms with Crippen molar-refractivity contribution in [3.63, 3.8) is 0 Å². The standard InChI is InChI=1S/C2H9BF2O8P3/c1-12-16(3,11)13-15(9,10)2(4,5)14(6,7)8/h1,3H3,(H,9,10)(H2,6,7,8)/q-1. The molecule has 0 saturated carbocycles. The Balaban J connectivity index is 5.32. The highest BCUT2D eigenvalue weighted by molar-refractivity contribution is 7.86. The molecule has 0 radical (unpaired) electrons. The Morgan fingerprint density at radius 1 is 1.19 bits per heavy atom. The third-order valence-corrected chi connectivity index (χ3v) is 5.65. The highest BCUT2D eigenvalue weighted by Gasteiger charge is 2.65. The molecule has 0 aliphatic heterocycles. The zero-order valence-corrected chi connectivity index (χ0v) is 9.66. The molecule has 0 heterocycles. The van der Waals surface area contributed by atoms with Crippen molar-refractivity contribution in [2.75, 3.05) is 7.11 Å². The lowest BCUT2D eigenvalue weighted by Gasteiger charge is -2.26. The van der Waals surface area contributed by atoms with Crippen molar-refractivity contribution >= 4 is 30.2 Å². The second kappa shape index (κ2) is 4.59. The molecule has 0 aliphatic carbocycles. The summed E-state index contributed by atoms with van der Waals surface area (Å²) in [6.45, 7) is 0. The summed E-state index contributed by atoms with van der Waals surface area (Å²) in [7, 11) is -16.9. The lowest BCUT2D eigenvalue weighted by Crippen LogP contribution is -2.18. The van der Waals surface area contributed by atoms with Gasteiger partial charge in [-0.25, -0.2) is 0 Å². The molecule has 0 rings (SSSR count). The van der Waals surface area contributed by atoms with Crippen LogP contribution in [0.4, 0.5) is 8.78 Å². The SMILES string of the molecule is [BH3-]P(=O)(OC)OP(=O)(O)C(F)(F)P(=O)(O)O. The van der Waals surface area contributed by atoms with Gasteiger partial charge in [0.15, 0.2) is 7.47 Å². The van der Waals surface area contributed by atoms with Gasteiger partial charge < -0.3 is 23.8 Å². The van der Waals surface area contributed by atoms with Gasteiger partial charge in [0.25, 0.3) is 0 Å². The lowest BCUT2D eigenvalue weighted by molar-refractivity contribution is 0.107. The van der Waals surface area contributed by atoms with E-state index in [1.165, 1.54) is 0 Å². The Kier molecular flexibility index (Phi) is 4.71. The fourth-order valence-electron chi connectivity index (χ4n) is 0.337. The van der Waals surface area contributed by atoms with Gasteiger partial charge in [0.1, 0.15) is 0 Å². The van der Waals surface area contributed by atoms with E-state index in [9.17, 15) is 22.5 Å². The molecule has 16 heavy (non-hydrogen) atoms. The van der Waals surface area contributed by atoms with E-state index >= 15 is 0 Å². The van der Waals surface area contributed by atoms with E-state index in [2.05, 4.69) is 8.83 Å². The maximum Gasteiger partial charge on any atom is 0.444 e. The number of hydrogen-bond acceptors (Lipinski definition) is 5. The fraction of sp³-hybridized carbons (Fsp3) is 1.00. The molecule has 98 valence electrons. The van der Waals surface area contributed by atoms with Gasteiger partial charge in [0, 0.05) is 7.11 Å². The molecule has 0 aromatic heterocycles. The highest BCUT2D eigenvalue weighted by atomic mass is 31.3. The number of rotatable bonds is 5. The molecule has 0 amide bonds. The third kappa shape index (κ3) is 3.45. The maximum atomic E-state index is 12.8. The van der Waals surface area contributed by atoms with Crippen LogP contribution in [0.15, 0.2) is 0 Å². The molecular weight excluding hydrogens is 294 g/mol. The first-order chi connectivity index (χ1) is 6.77. The first kappa shape index (κ1) is 16.4. The molecule has 0 fully saturated rings. The summed E-state index contributed by atoms with van der Waals surface area (Å²) < 4.78 is 65.8. The van der Waals surface area contributed by atoms with E-state index in [0.717, 1.165) is 7.11 Å². The van der Waals surface area contributed by atoms with Gasteiger partial charge in [-0.15, -0.1) is 0 Å². The topological polar surface area (TPSA) is 130 Å². The van der Waals surface area contributed by atoms with Crippen molar-refractivity contribution < 1.29 is 46.0 Å². The first-order valence-corrected chi connectivity index (χ1v) is 7.21. The van der Waals surface area contributed by atoms with Crippen molar-refractivity contribution in [1.29, 1.82) is 0 Å². The fourth-order valence-corrected chi connectivity index (χ4v) is 3.37. The first-order valence-electron chi connectivity index (χ1n) is 2.93. The van der Waals surface area contributed by atoms with Gasteiger partial charge >= 0.3 is 20.6 Å². The number of halogens is 2. The van der Waals surface area contributed by atoms with E-state index in [0.29, 0.717) is 0 Å². The molecule has 0 spiro atoms. The van der Waals surface area contributed by atoms with Gasteiger partial charge in [-0.2, -0.15) is 8.78 Å². The summed E-state index contributed by atoms with van der Waals surface area (Å²) in [5.41, 5.74) is 0. The summed E-state index contributed by atoms with van der Waals surface area (Å²) >= 11 is 0. The van der Waals surface area contributed by atoms with Crippen LogP contribution in [0.1, 0.15) is 0 Å². The predicted molar refractivity (Wildman–Crippen MR) is 52.5 cm³/mol. The Bertz CT molecular complexity index is 402. The van der Waals surface area contributed by atoms with Crippen molar-refractivity contribution in [3.05, 3.63) is 0 Å². The average molecular weight is 303 g/mol. The predicted octanol–water partition coefficient (Wildman–Crippen LogP) is 0.0363. The lowest BCUT2D eigenvalue weighted by atomic mass is 10.8. The van der Waals surface area contributed by atoms with Crippen LogP contribution in [0.2, 0.25) is 0 Å². The molecule has 14 heteroatoms. The molecule has 0 aromatic rings. The number of hydrogen-bond donors (Lipinski definition) is 3. The Labute approximate surface area is 89.5 Å². The molecule has 2 atom stereocenters. The molecule has 8 nitrogen and oxygen atoms in total. The van der Waals surface area contributed by atoms with Crippen LogP contribution in [0.3, 0.4) is 0 Å². The molecule has 2 unspecified atom stereocenters. The van der Waals surface area contributed by atoms with Gasteiger partial charge in [0.2, 0.25) is 0 Å². The number of alkyl halides is 2. The van der Waals surface area contributed by atoms with E-state index in [1.807, 2.05) is 0 Å². The maximum absolute atomic E-state index is 12.8. The van der Waals surface area contributed by atoms with Crippen LogP contribution in [0.25, 0.3) is 0 Å². The minimum atomic E-state index is -6.21. The molecule has 0 aromatic carbocycles. The van der Waals surface area contributed by atoms with Gasteiger partial charge in [-0.1, -0.05) is 0 Å². The molecule has 0 aliphatic rings. The smallest absolute Gasteiger partial charge is 0.341 e. The van der Waals surface area contributed by atoms with E-state index < -0.39 is 35.6 Å². The minimum absolute atomic E-state index is 0.809. The van der Waals surface area contributed by atoms with Crippen molar-refractivity contribution in [3.8, 4) is 0 Å². The molecule has 3 N–H and O–H groups in total. The van der Waals surface area contributed by atoms with Crippen molar-refractivity contribution in [1.82, 2.24) is 0 Å². The Morgan fingerprint density at radius 3 is 1.81 bits per heavy atom. The van der Waals surface area contributed by atoms with Crippen LogP contribution in [0, 0.1) is 0 Å². The zero-order chi connectivity index (χ0) is 13.4. The Hall–Kier alpha value is 0.415. The highest BCUT2D eigenvalue weighted by Crippen LogP contribution is 2.77. The third-order valence-electron chi connectivity index (χ3n) is 1.02. The monoisotopic (exact) mass is 303 g/mol. The summed E-state index contributed by atoms with van der Waals surface area (Å²) in [5, 5.41) is -5.32. The second-order valence-corrected chi connectivity index (χ2v) is 7.13. The summed E-state index contributed by atoms with van der Waals surface area (Å²) in [6.07, 6.45) is 0. The molecular formula is C2H9BF2O8P3-. The minimum Gasteiger partial charge on any atom is -0.341 e. The van der Waals surface area contributed by atoms with E-state index in [1.54, 1.807) is 0 Å². The van der Waals surface area contributed by atoms with Crippen LogP contribution < -0.4 is 0 Å². The summed E-state index contributed by atoms with van der Waals surface area (Å²) in [5.74, 6) is 0. The molecule has 0 bridgehead atoms. The second-order valence-electron chi connectivity index (χ2n) is 2.06. The normalized spacial score (nSPS) is 21.2. The summed E-state index contributed by atoms with van der Waals surface area (Å²) in [6, 6.07) is 0. The quantitative estimate of drug-likeness (QED) is 0.479. The largest absolute Gasteiger partial charge is 0.444 e. The van der Waals surface area contributed by atoms with Crippen molar-refractivity contribution in [2.24, 2.45) is 0 Å². The molecule has 0 saturated heterocycles. The van der Waals surface area contributed by atoms with Gasteiger partial charge in [-0.3, -0.25) is 13.4 Å². The van der Waals surface area contributed by atoms with Crippen LogP contribution in [-0.2, 0) is 22.5 Å². The van der Waals surface area contributed by atoms with Crippen LogP contribution in [-0.4, -0.2) is 34.8 Å². The Morgan fingerprint density at radius 2 is 1.56 bits per heavy atom. The van der Waals surface area contributed by atoms with Gasteiger partial charge in [-0.05, 0) is 0 Å². The average Bonchev–Trinajstić information content (AvgIpc) is 2.00. The van der Waals surface area contributed by atoms with Gasteiger partial charge in [0.05, 0.1) is 7.57 Å². The zero-order valence-electron chi connectivity index (χ0n) is 6.98. The van der Waals surface area contributed by atoms with E-state index in [-0.39, 0.29) is 0 Å².